The number of anilines is 1. The Kier molecular flexibility index (Phi) is 6.17. The van der Waals surface area contributed by atoms with Gasteiger partial charge in [0.25, 0.3) is 5.91 Å². The lowest BCUT2D eigenvalue weighted by molar-refractivity contribution is -0.123. The van der Waals surface area contributed by atoms with Gasteiger partial charge in [-0.3, -0.25) is 4.79 Å². The van der Waals surface area contributed by atoms with Gasteiger partial charge >= 0.3 is 5.97 Å². The second-order valence-corrected chi connectivity index (χ2v) is 5.98. The van der Waals surface area contributed by atoms with Crippen LogP contribution in [0, 0.1) is 0 Å². The standard InChI is InChI=1S/C20H23NO4/c1-4-13(2)17-7-5-6-8-18(17)21-19(23)14(3)25-20(24)15-9-11-16(22)12-10-15/h5-14,22H,4H2,1-3H3,(H,21,23)/t13-,14-/m0/s1. The summed E-state index contributed by atoms with van der Waals surface area (Å²) in [6, 6.07) is 13.3. The lowest BCUT2D eigenvalue weighted by Crippen LogP contribution is -2.30. The van der Waals surface area contributed by atoms with Gasteiger partial charge in [0, 0.05) is 5.69 Å². The van der Waals surface area contributed by atoms with Crippen molar-refractivity contribution in [1.82, 2.24) is 0 Å². The van der Waals surface area contributed by atoms with Crippen molar-refractivity contribution < 1.29 is 19.4 Å². The van der Waals surface area contributed by atoms with Crippen LogP contribution >= 0.6 is 0 Å². The highest BCUT2D eigenvalue weighted by molar-refractivity contribution is 5.97. The number of carbonyl (C=O) groups is 2. The van der Waals surface area contributed by atoms with Crippen molar-refractivity contribution in [2.45, 2.75) is 39.2 Å². The van der Waals surface area contributed by atoms with E-state index in [4.69, 9.17) is 4.74 Å². The highest BCUT2D eigenvalue weighted by atomic mass is 16.5. The number of ether oxygens (including phenoxy) is 1. The molecule has 5 nitrogen and oxygen atoms in total. The second kappa shape index (κ2) is 8.33. The first kappa shape index (κ1) is 18.5. The zero-order chi connectivity index (χ0) is 18.4. The molecule has 0 aromatic heterocycles. The fourth-order valence-corrected chi connectivity index (χ4v) is 2.37. The molecule has 2 aromatic carbocycles. The quantitative estimate of drug-likeness (QED) is 0.776. The first-order chi connectivity index (χ1) is 11.9. The van der Waals surface area contributed by atoms with E-state index in [1.54, 1.807) is 0 Å². The van der Waals surface area contributed by atoms with Crippen molar-refractivity contribution in [3.8, 4) is 5.75 Å². The summed E-state index contributed by atoms with van der Waals surface area (Å²) in [5.74, 6) is -0.629. The van der Waals surface area contributed by atoms with Crippen LogP contribution in [0.25, 0.3) is 0 Å². The van der Waals surface area contributed by atoms with Crippen molar-refractivity contribution in [2.24, 2.45) is 0 Å². The summed E-state index contributed by atoms with van der Waals surface area (Å²) in [5.41, 5.74) is 2.06. The number of esters is 1. The topological polar surface area (TPSA) is 75.6 Å². The molecule has 25 heavy (non-hydrogen) atoms. The highest BCUT2D eigenvalue weighted by Crippen LogP contribution is 2.26. The van der Waals surface area contributed by atoms with E-state index in [1.165, 1.54) is 31.2 Å². The fourth-order valence-electron chi connectivity index (χ4n) is 2.37. The minimum Gasteiger partial charge on any atom is -0.508 e. The molecule has 1 amide bonds. The normalized spacial score (nSPS) is 12.9. The van der Waals surface area contributed by atoms with E-state index in [0.29, 0.717) is 5.92 Å². The number of aromatic hydroxyl groups is 1. The van der Waals surface area contributed by atoms with Gasteiger partial charge in [0.05, 0.1) is 5.56 Å². The van der Waals surface area contributed by atoms with Crippen LogP contribution in [0.1, 0.15) is 49.0 Å². The Labute approximate surface area is 147 Å². The maximum Gasteiger partial charge on any atom is 0.338 e. The Hall–Kier alpha value is -2.82. The van der Waals surface area contributed by atoms with Gasteiger partial charge in [-0.15, -0.1) is 0 Å². The van der Waals surface area contributed by atoms with Gasteiger partial charge in [0.15, 0.2) is 6.10 Å². The Bertz CT molecular complexity index is 740. The lowest BCUT2D eigenvalue weighted by Gasteiger charge is -2.18. The monoisotopic (exact) mass is 341 g/mol. The summed E-state index contributed by atoms with van der Waals surface area (Å²) in [7, 11) is 0. The summed E-state index contributed by atoms with van der Waals surface area (Å²) >= 11 is 0. The molecule has 0 unspecified atom stereocenters. The van der Waals surface area contributed by atoms with Crippen molar-refractivity contribution >= 4 is 17.6 Å². The van der Waals surface area contributed by atoms with Gasteiger partial charge in [-0.05, 0) is 55.2 Å². The molecule has 0 spiro atoms. The SMILES string of the molecule is CC[C@H](C)c1ccccc1NC(=O)[C@H](C)OC(=O)c1ccc(O)cc1. The lowest BCUT2D eigenvalue weighted by atomic mass is 9.97. The predicted molar refractivity (Wildman–Crippen MR) is 96.8 cm³/mol. The minimum absolute atomic E-state index is 0.0593. The summed E-state index contributed by atoms with van der Waals surface area (Å²) in [6.45, 7) is 5.71. The molecule has 0 heterocycles. The Morgan fingerprint density at radius 2 is 1.72 bits per heavy atom. The largest absolute Gasteiger partial charge is 0.508 e. The maximum atomic E-state index is 12.4. The molecule has 0 fully saturated rings. The molecule has 2 N–H and O–H groups in total. The van der Waals surface area contributed by atoms with E-state index in [2.05, 4.69) is 19.2 Å². The number of benzene rings is 2. The molecule has 0 saturated carbocycles. The molecule has 0 aliphatic heterocycles. The van der Waals surface area contributed by atoms with Crippen LogP contribution in [0.3, 0.4) is 0 Å². The van der Waals surface area contributed by atoms with Crippen LogP contribution in [0.15, 0.2) is 48.5 Å². The van der Waals surface area contributed by atoms with E-state index >= 15 is 0 Å². The van der Waals surface area contributed by atoms with Gasteiger partial charge in [0.1, 0.15) is 5.75 Å². The number of nitrogens with one attached hydrogen (secondary N) is 1. The molecular formula is C20H23NO4. The van der Waals surface area contributed by atoms with Gasteiger partial charge in [-0.2, -0.15) is 0 Å². The van der Waals surface area contributed by atoms with Gasteiger partial charge in [-0.25, -0.2) is 4.79 Å². The van der Waals surface area contributed by atoms with Crippen LogP contribution in [0.4, 0.5) is 5.69 Å². The summed E-state index contributed by atoms with van der Waals surface area (Å²) in [5, 5.41) is 12.1. The zero-order valence-corrected chi connectivity index (χ0v) is 14.7. The molecule has 2 rings (SSSR count). The number of hydrogen-bond acceptors (Lipinski definition) is 4. The minimum atomic E-state index is -0.939. The van der Waals surface area contributed by atoms with Crippen LogP contribution in [0.5, 0.6) is 5.75 Å². The Balaban J connectivity index is 2.03. The molecule has 0 bridgehead atoms. The third-order valence-electron chi connectivity index (χ3n) is 4.12. The number of carbonyl (C=O) groups excluding carboxylic acids is 2. The molecule has 0 radical (unpaired) electrons. The van der Waals surface area contributed by atoms with Crippen molar-refractivity contribution in [3.05, 3.63) is 59.7 Å². The van der Waals surface area contributed by atoms with Crippen LogP contribution in [-0.4, -0.2) is 23.1 Å². The Morgan fingerprint density at radius 1 is 1.08 bits per heavy atom. The average Bonchev–Trinajstić information content (AvgIpc) is 2.61. The van der Waals surface area contributed by atoms with Gasteiger partial charge in [-0.1, -0.05) is 32.0 Å². The first-order valence-corrected chi connectivity index (χ1v) is 8.32. The van der Waals surface area contributed by atoms with E-state index in [-0.39, 0.29) is 17.2 Å². The first-order valence-electron chi connectivity index (χ1n) is 8.32. The second-order valence-electron chi connectivity index (χ2n) is 5.98. The summed E-state index contributed by atoms with van der Waals surface area (Å²) < 4.78 is 5.20. The van der Waals surface area contributed by atoms with Gasteiger partial charge in [0.2, 0.25) is 0 Å². The number of amides is 1. The van der Waals surface area contributed by atoms with Crippen molar-refractivity contribution in [3.63, 3.8) is 0 Å². The summed E-state index contributed by atoms with van der Waals surface area (Å²) in [4.78, 5) is 24.4. The number of para-hydroxylation sites is 1. The number of rotatable bonds is 6. The van der Waals surface area contributed by atoms with Crippen LogP contribution in [-0.2, 0) is 9.53 Å². The predicted octanol–water partition coefficient (Wildman–Crippen LogP) is 4.09. The van der Waals surface area contributed by atoms with Crippen LogP contribution < -0.4 is 5.32 Å². The van der Waals surface area contributed by atoms with Crippen molar-refractivity contribution in [2.75, 3.05) is 5.32 Å². The van der Waals surface area contributed by atoms with Gasteiger partial charge < -0.3 is 15.2 Å². The average molecular weight is 341 g/mol. The molecule has 132 valence electrons. The third kappa shape index (κ3) is 4.83. The highest BCUT2D eigenvalue weighted by Gasteiger charge is 2.20. The molecule has 2 aromatic rings. The van der Waals surface area contributed by atoms with Crippen LogP contribution in [0.2, 0.25) is 0 Å². The molecule has 0 saturated heterocycles. The van der Waals surface area contributed by atoms with E-state index in [0.717, 1.165) is 17.7 Å². The summed E-state index contributed by atoms with van der Waals surface area (Å²) in [6.07, 6.45) is 0.0180. The van der Waals surface area contributed by atoms with E-state index < -0.39 is 12.1 Å². The molecule has 0 aliphatic carbocycles. The van der Waals surface area contributed by atoms with E-state index in [9.17, 15) is 14.7 Å². The molecule has 5 heteroatoms. The Morgan fingerprint density at radius 3 is 2.36 bits per heavy atom. The smallest absolute Gasteiger partial charge is 0.338 e. The molecule has 0 aliphatic rings. The number of hydrogen-bond donors (Lipinski definition) is 2. The zero-order valence-electron chi connectivity index (χ0n) is 14.7. The van der Waals surface area contributed by atoms with E-state index in [1.807, 2.05) is 24.3 Å². The molecule has 2 atom stereocenters. The number of phenolic OH excluding ortho intramolecular Hbond substituents is 1. The van der Waals surface area contributed by atoms with Crippen molar-refractivity contribution in [1.29, 1.82) is 0 Å². The third-order valence-corrected chi connectivity index (χ3v) is 4.12. The molecular weight excluding hydrogens is 318 g/mol. The number of phenols is 1. The maximum absolute atomic E-state index is 12.4. The fraction of sp³-hybridized carbons (Fsp3) is 0.300.